The molecule has 4 heteroatoms. The maximum absolute atomic E-state index is 10.4. The molecular formula is C25H32Br2O2. The summed E-state index contributed by atoms with van der Waals surface area (Å²) in [4.78, 5) is 0. The van der Waals surface area contributed by atoms with Crippen molar-refractivity contribution in [2.75, 3.05) is 7.11 Å². The highest BCUT2D eigenvalue weighted by Crippen LogP contribution is 2.40. The molecule has 2 aliphatic rings. The minimum Gasteiger partial charge on any atom is -0.385 e. The van der Waals surface area contributed by atoms with E-state index in [1.807, 2.05) is 31.4 Å². The Morgan fingerprint density at radius 1 is 0.655 bits per heavy atom. The van der Waals surface area contributed by atoms with Crippen LogP contribution in [-0.2, 0) is 15.9 Å². The standard InChI is InChI=1S/C13H17BrO.C12H15BrO/c1-15-13(9-3-2-4-10-13)11-5-7-12(14)8-6-11;13-11-6-4-10(5-7-11)12(14)8-2-1-3-9-12/h5-8H,2-4,9-10H2,1H3;4-7,14H,1-3,8-9H2. The molecule has 2 aromatic rings. The lowest BCUT2D eigenvalue weighted by Gasteiger charge is -2.36. The van der Waals surface area contributed by atoms with Crippen molar-refractivity contribution >= 4 is 31.9 Å². The first kappa shape index (κ1) is 23.0. The van der Waals surface area contributed by atoms with E-state index in [0.29, 0.717) is 0 Å². The van der Waals surface area contributed by atoms with Crippen molar-refractivity contribution in [3.63, 3.8) is 0 Å². The lowest BCUT2D eigenvalue weighted by molar-refractivity contribution is -0.0445. The normalized spacial score (nSPS) is 20.4. The molecular weight excluding hydrogens is 492 g/mol. The highest BCUT2D eigenvalue weighted by molar-refractivity contribution is 9.10. The van der Waals surface area contributed by atoms with Gasteiger partial charge in [0.05, 0.1) is 11.2 Å². The van der Waals surface area contributed by atoms with Crippen LogP contribution >= 0.6 is 31.9 Å². The summed E-state index contributed by atoms with van der Waals surface area (Å²) in [6.45, 7) is 0. The summed E-state index contributed by atoms with van der Waals surface area (Å²) in [7, 11) is 1.84. The van der Waals surface area contributed by atoms with Crippen LogP contribution in [0.5, 0.6) is 0 Å². The van der Waals surface area contributed by atoms with Gasteiger partial charge in [-0.2, -0.15) is 0 Å². The third kappa shape index (κ3) is 5.94. The molecule has 4 rings (SSSR count). The minimum atomic E-state index is -0.557. The summed E-state index contributed by atoms with van der Waals surface area (Å²) < 4.78 is 7.99. The van der Waals surface area contributed by atoms with Gasteiger partial charge in [0.15, 0.2) is 0 Å². The van der Waals surface area contributed by atoms with Crippen LogP contribution in [0.2, 0.25) is 0 Å². The van der Waals surface area contributed by atoms with Crippen LogP contribution in [0.1, 0.15) is 75.3 Å². The smallest absolute Gasteiger partial charge is 0.0927 e. The monoisotopic (exact) mass is 522 g/mol. The van der Waals surface area contributed by atoms with Crippen molar-refractivity contribution in [3.8, 4) is 0 Å². The largest absolute Gasteiger partial charge is 0.385 e. The van der Waals surface area contributed by atoms with Gasteiger partial charge < -0.3 is 9.84 Å². The Balaban J connectivity index is 0.000000166. The highest BCUT2D eigenvalue weighted by Gasteiger charge is 2.33. The Hall–Kier alpha value is -0.680. The second-order valence-electron chi connectivity index (χ2n) is 8.37. The maximum atomic E-state index is 10.4. The van der Waals surface area contributed by atoms with E-state index in [0.717, 1.165) is 53.0 Å². The van der Waals surface area contributed by atoms with Crippen LogP contribution in [0, 0.1) is 0 Å². The number of aliphatic hydroxyl groups is 1. The van der Waals surface area contributed by atoms with E-state index in [2.05, 4.69) is 56.1 Å². The van der Waals surface area contributed by atoms with E-state index < -0.39 is 5.60 Å². The van der Waals surface area contributed by atoms with Crippen molar-refractivity contribution in [2.24, 2.45) is 0 Å². The predicted molar refractivity (Wildman–Crippen MR) is 127 cm³/mol. The van der Waals surface area contributed by atoms with Gasteiger partial charge in [0, 0.05) is 16.1 Å². The zero-order valence-electron chi connectivity index (χ0n) is 17.3. The van der Waals surface area contributed by atoms with Crippen molar-refractivity contribution in [3.05, 3.63) is 68.6 Å². The fraction of sp³-hybridized carbons (Fsp3) is 0.520. The molecule has 2 nitrogen and oxygen atoms in total. The third-order valence-electron chi connectivity index (χ3n) is 6.48. The van der Waals surface area contributed by atoms with E-state index in [1.165, 1.54) is 31.2 Å². The Bertz CT molecular complexity index is 743. The average Bonchev–Trinajstić information content (AvgIpc) is 2.76. The number of benzene rings is 2. The fourth-order valence-corrected chi connectivity index (χ4v) is 5.20. The lowest BCUT2D eigenvalue weighted by atomic mass is 9.79. The summed E-state index contributed by atoms with van der Waals surface area (Å²) in [5.74, 6) is 0. The van der Waals surface area contributed by atoms with Crippen LogP contribution in [0.4, 0.5) is 0 Å². The third-order valence-corrected chi connectivity index (χ3v) is 7.54. The predicted octanol–water partition coefficient (Wildman–Crippen LogP) is 7.86. The molecule has 0 spiro atoms. The van der Waals surface area contributed by atoms with Crippen LogP contribution < -0.4 is 0 Å². The highest BCUT2D eigenvalue weighted by atomic mass is 79.9. The zero-order valence-corrected chi connectivity index (χ0v) is 20.5. The second kappa shape index (κ2) is 10.6. The van der Waals surface area contributed by atoms with Gasteiger partial charge in [-0.15, -0.1) is 0 Å². The van der Waals surface area contributed by atoms with Crippen molar-refractivity contribution in [1.29, 1.82) is 0 Å². The first-order valence-electron chi connectivity index (χ1n) is 10.8. The number of hydrogen-bond acceptors (Lipinski definition) is 2. The molecule has 2 saturated carbocycles. The Labute approximate surface area is 192 Å². The second-order valence-corrected chi connectivity index (χ2v) is 10.2. The molecule has 0 aromatic heterocycles. The molecule has 0 saturated heterocycles. The van der Waals surface area contributed by atoms with Gasteiger partial charge in [0.25, 0.3) is 0 Å². The molecule has 0 aliphatic heterocycles. The van der Waals surface area contributed by atoms with E-state index in [9.17, 15) is 5.11 Å². The van der Waals surface area contributed by atoms with E-state index in [4.69, 9.17) is 4.74 Å². The van der Waals surface area contributed by atoms with Gasteiger partial charge in [-0.05, 0) is 61.1 Å². The number of ether oxygens (including phenoxy) is 1. The Kier molecular flexibility index (Phi) is 8.38. The molecule has 0 bridgehead atoms. The SMILES string of the molecule is COC1(c2ccc(Br)cc2)CCCCC1.OC1(c2ccc(Br)cc2)CCCCC1. The topological polar surface area (TPSA) is 29.5 Å². The summed E-state index contributed by atoms with van der Waals surface area (Å²) in [5.41, 5.74) is 1.83. The summed E-state index contributed by atoms with van der Waals surface area (Å²) in [5, 5.41) is 10.4. The van der Waals surface area contributed by atoms with Crippen molar-refractivity contribution in [1.82, 2.24) is 0 Å². The molecule has 0 unspecified atom stereocenters. The molecule has 0 radical (unpaired) electrons. The summed E-state index contributed by atoms with van der Waals surface area (Å²) in [6.07, 6.45) is 11.6. The molecule has 158 valence electrons. The van der Waals surface area contributed by atoms with Crippen molar-refractivity contribution in [2.45, 2.75) is 75.4 Å². The molecule has 29 heavy (non-hydrogen) atoms. The molecule has 2 aromatic carbocycles. The maximum Gasteiger partial charge on any atom is 0.0927 e. The summed E-state index contributed by atoms with van der Waals surface area (Å²) in [6, 6.07) is 16.6. The number of hydrogen-bond donors (Lipinski definition) is 1. The Morgan fingerprint density at radius 3 is 1.52 bits per heavy atom. The lowest BCUT2D eigenvalue weighted by Crippen LogP contribution is -2.30. The quantitative estimate of drug-likeness (QED) is 0.443. The molecule has 0 atom stereocenters. The van der Waals surface area contributed by atoms with E-state index in [-0.39, 0.29) is 5.60 Å². The average molecular weight is 524 g/mol. The first-order valence-corrected chi connectivity index (χ1v) is 12.4. The molecule has 2 fully saturated rings. The zero-order chi connectivity index (χ0) is 20.7. The van der Waals surface area contributed by atoms with Crippen LogP contribution in [0.15, 0.2) is 57.5 Å². The minimum absolute atomic E-state index is 0.0149. The molecule has 0 heterocycles. The Morgan fingerprint density at radius 2 is 1.07 bits per heavy atom. The van der Waals surface area contributed by atoms with Crippen LogP contribution in [0.3, 0.4) is 0 Å². The van der Waals surface area contributed by atoms with Gasteiger partial charge in [-0.1, -0.05) is 94.7 Å². The van der Waals surface area contributed by atoms with Gasteiger partial charge >= 0.3 is 0 Å². The number of rotatable bonds is 3. The van der Waals surface area contributed by atoms with Gasteiger partial charge in [0.2, 0.25) is 0 Å². The van der Waals surface area contributed by atoms with Gasteiger partial charge in [-0.3, -0.25) is 0 Å². The van der Waals surface area contributed by atoms with Crippen LogP contribution in [0.25, 0.3) is 0 Å². The van der Waals surface area contributed by atoms with E-state index >= 15 is 0 Å². The number of halogens is 2. The van der Waals surface area contributed by atoms with Crippen LogP contribution in [-0.4, -0.2) is 12.2 Å². The van der Waals surface area contributed by atoms with Crippen molar-refractivity contribution < 1.29 is 9.84 Å². The molecule has 0 amide bonds. The van der Waals surface area contributed by atoms with E-state index in [1.54, 1.807) is 0 Å². The molecule has 2 aliphatic carbocycles. The summed E-state index contributed by atoms with van der Waals surface area (Å²) >= 11 is 6.87. The fourth-order valence-electron chi connectivity index (χ4n) is 4.67. The first-order chi connectivity index (χ1) is 14.0. The van der Waals surface area contributed by atoms with Gasteiger partial charge in [-0.25, -0.2) is 0 Å². The molecule has 1 N–H and O–H groups in total. The number of methoxy groups -OCH3 is 1. The van der Waals surface area contributed by atoms with Gasteiger partial charge in [0.1, 0.15) is 0 Å².